The van der Waals surface area contributed by atoms with E-state index in [9.17, 15) is 9.59 Å². The third-order valence-corrected chi connectivity index (χ3v) is 4.03. The number of hydrogen-bond donors (Lipinski definition) is 2. The van der Waals surface area contributed by atoms with Gasteiger partial charge in [-0.1, -0.05) is 6.92 Å². The lowest BCUT2D eigenvalue weighted by Gasteiger charge is -2.33. The van der Waals surface area contributed by atoms with Crippen LogP contribution in [0, 0.1) is 5.92 Å². The summed E-state index contributed by atoms with van der Waals surface area (Å²) in [5.74, 6) is -0.555. The van der Waals surface area contributed by atoms with Gasteiger partial charge >= 0.3 is 12.0 Å². The number of hydrogen-bond acceptors (Lipinski definition) is 4. The molecule has 2 aliphatic heterocycles. The highest BCUT2D eigenvalue weighted by Gasteiger charge is 2.33. The molecule has 2 N–H and O–H groups in total. The Morgan fingerprint density at radius 1 is 1.40 bits per heavy atom. The molecule has 0 aliphatic carbocycles. The van der Waals surface area contributed by atoms with Crippen molar-refractivity contribution in [1.29, 1.82) is 0 Å². The Balaban J connectivity index is 1.80. The predicted octanol–water partition coefficient (Wildman–Crippen LogP) is -0.177. The van der Waals surface area contributed by atoms with E-state index in [4.69, 9.17) is 9.84 Å². The molecule has 2 unspecified atom stereocenters. The van der Waals surface area contributed by atoms with Crippen LogP contribution in [0.4, 0.5) is 4.79 Å². The first-order valence-corrected chi connectivity index (χ1v) is 7.19. The zero-order valence-corrected chi connectivity index (χ0v) is 11.9. The maximum Gasteiger partial charge on any atom is 0.328 e. The Bertz CT molecular complexity index is 364. The molecule has 2 heterocycles. The van der Waals surface area contributed by atoms with Gasteiger partial charge in [0.1, 0.15) is 0 Å². The minimum absolute atomic E-state index is 0.0653. The largest absolute Gasteiger partial charge is 0.480 e. The number of likely N-dealkylation sites (tertiary alicyclic amines) is 1. The van der Waals surface area contributed by atoms with Crippen molar-refractivity contribution in [2.24, 2.45) is 5.92 Å². The topological polar surface area (TPSA) is 82.1 Å². The summed E-state index contributed by atoms with van der Waals surface area (Å²) in [6, 6.07) is -1.17. The first-order valence-electron chi connectivity index (χ1n) is 7.19. The maximum absolute atomic E-state index is 12.1. The number of morpholine rings is 1. The van der Waals surface area contributed by atoms with Crippen molar-refractivity contribution in [2.75, 3.05) is 45.9 Å². The Morgan fingerprint density at radius 3 is 2.85 bits per heavy atom. The van der Waals surface area contributed by atoms with Crippen LogP contribution in [0.25, 0.3) is 0 Å². The number of aliphatic carboxylic acids is 1. The fourth-order valence-electron chi connectivity index (χ4n) is 2.75. The highest BCUT2D eigenvalue weighted by atomic mass is 16.5. The molecule has 2 aliphatic rings. The van der Waals surface area contributed by atoms with Gasteiger partial charge in [-0.3, -0.25) is 0 Å². The van der Waals surface area contributed by atoms with Gasteiger partial charge in [0.25, 0.3) is 0 Å². The molecule has 7 heteroatoms. The molecule has 2 fully saturated rings. The molecule has 2 atom stereocenters. The van der Waals surface area contributed by atoms with Gasteiger partial charge in [-0.15, -0.1) is 0 Å². The molecule has 0 radical (unpaired) electrons. The molecular weight excluding hydrogens is 262 g/mol. The van der Waals surface area contributed by atoms with Crippen LogP contribution in [0.5, 0.6) is 0 Å². The van der Waals surface area contributed by atoms with Gasteiger partial charge in [-0.25, -0.2) is 9.59 Å². The summed E-state index contributed by atoms with van der Waals surface area (Å²) in [4.78, 5) is 26.9. The van der Waals surface area contributed by atoms with E-state index in [0.29, 0.717) is 25.6 Å². The van der Waals surface area contributed by atoms with E-state index in [1.807, 2.05) is 0 Å². The number of nitrogens with one attached hydrogen (secondary N) is 1. The fourth-order valence-corrected chi connectivity index (χ4v) is 2.75. The van der Waals surface area contributed by atoms with Gasteiger partial charge in [0.2, 0.25) is 0 Å². The van der Waals surface area contributed by atoms with Crippen LogP contribution in [0.3, 0.4) is 0 Å². The fraction of sp³-hybridized carbons (Fsp3) is 0.846. The molecule has 114 valence electrons. The van der Waals surface area contributed by atoms with Crippen molar-refractivity contribution in [2.45, 2.75) is 19.4 Å². The summed E-state index contributed by atoms with van der Waals surface area (Å²) >= 11 is 0. The van der Waals surface area contributed by atoms with E-state index in [2.05, 4.69) is 17.1 Å². The number of carbonyl (C=O) groups excluding carboxylic acids is 1. The molecule has 2 amide bonds. The minimum atomic E-state index is -1.02. The maximum atomic E-state index is 12.1. The van der Waals surface area contributed by atoms with E-state index < -0.39 is 12.0 Å². The lowest BCUT2D eigenvalue weighted by Crippen LogP contribution is -2.56. The lowest BCUT2D eigenvalue weighted by atomic mass is 10.1. The second-order valence-electron chi connectivity index (χ2n) is 5.36. The molecule has 2 rings (SSSR count). The molecule has 0 bridgehead atoms. The van der Waals surface area contributed by atoms with Crippen molar-refractivity contribution in [3.8, 4) is 0 Å². The minimum Gasteiger partial charge on any atom is -0.480 e. The van der Waals surface area contributed by atoms with E-state index in [0.717, 1.165) is 26.1 Å². The smallest absolute Gasteiger partial charge is 0.328 e. The molecule has 0 aromatic heterocycles. The molecule has 7 nitrogen and oxygen atoms in total. The van der Waals surface area contributed by atoms with Crippen molar-refractivity contribution in [3.05, 3.63) is 0 Å². The van der Waals surface area contributed by atoms with Gasteiger partial charge < -0.3 is 25.0 Å². The normalized spacial score (nSPS) is 27.6. The van der Waals surface area contributed by atoms with Crippen molar-refractivity contribution >= 4 is 12.0 Å². The molecule has 2 saturated heterocycles. The van der Waals surface area contributed by atoms with Gasteiger partial charge in [0.05, 0.1) is 13.2 Å². The first-order chi connectivity index (χ1) is 9.61. The zero-order valence-electron chi connectivity index (χ0n) is 11.9. The SMILES string of the molecule is CCN1CCC(CNC(=O)N2CCOCC2C(=O)O)C1. The molecular formula is C13H23N3O4. The second kappa shape index (κ2) is 6.90. The van der Waals surface area contributed by atoms with E-state index in [-0.39, 0.29) is 12.6 Å². The van der Waals surface area contributed by atoms with Crippen LogP contribution in [0.15, 0.2) is 0 Å². The monoisotopic (exact) mass is 285 g/mol. The van der Waals surface area contributed by atoms with Crippen LogP contribution in [-0.2, 0) is 9.53 Å². The highest BCUT2D eigenvalue weighted by Crippen LogP contribution is 2.15. The third kappa shape index (κ3) is 3.61. The molecule has 0 saturated carbocycles. The number of amides is 2. The van der Waals surface area contributed by atoms with E-state index in [1.165, 1.54) is 4.90 Å². The van der Waals surface area contributed by atoms with Crippen LogP contribution in [0.1, 0.15) is 13.3 Å². The second-order valence-corrected chi connectivity index (χ2v) is 5.36. The standard InChI is InChI=1S/C13H23N3O4/c1-2-15-4-3-10(8-15)7-14-13(19)16-5-6-20-9-11(16)12(17)18/h10-11H,2-9H2,1H3,(H,14,19)(H,17,18). The molecule has 0 spiro atoms. The first kappa shape index (κ1) is 15.1. The average Bonchev–Trinajstić information content (AvgIpc) is 2.92. The Morgan fingerprint density at radius 2 is 2.20 bits per heavy atom. The van der Waals surface area contributed by atoms with Crippen LogP contribution in [0.2, 0.25) is 0 Å². The van der Waals surface area contributed by atoms with Crippen molar-refractivity contribution in [3.63, 3.8) is 0 Å². The summed E-state index contributed by atoms with van der Waals surface area (Å²) < 4.78 is 5.12. The number of rotatable bonds is 4. The summed E-state index contributed by atoms with van der Waals surface area (Å²) in [7, 11) is 0. The van der Waals surface area contributed by atoms with E-state index >= 15 is 0 Å². The Labute approximate surface area is 118 Å². The summed E-state index contributed by atoms with van der Waals surface area (Å²) in [5.41, 5.74) is 0. The molecule has 0 aromatic rings. The van der Waals surface area contributed by atoms with Gasteiger partial charge in [-0.2, -0.15) is 0 Å². The molecule has 20 heavy (non-hydrogen) atoms. The number of nitrogens with zero attached hydrogens (tertiary/aromatic N) is 2. The van der Waals surface area contributed by atoms with E-state index in [1.54, 1.807) is 0 Å². The van der Waals surface area contributed by atoms with Gasteiger partial charge in [-0.05, 0) is 25.4 Å². The quantitative estimate of drug-likeness (QED) is 0.749. The summed E-state index contributed by atoms with van der Waals surface area (Å²) in [6.45, 7) is 6.64. The van der Waals surface area contributed by atoms with Crippen LogP contribution in [-0.4, -0.2) is 78.9 Å². The number of ether oxygens (including phenoxy) is 1. The van der Waals surface area contributed by atoms with Crippen molar-refractivity contribution in [1.82, 2.24) is 15.1 Å². The number of carboxylic acids is 1. The summed E-state index contributed by atoms with van der Waals surface area (Å²) in [5, 5.41) is 12.0. The Hall–Kier alpha value is -1.34. The van der Waals surface area contributed by atoms with Gasteiger partial charge in [0.15, 0.2) is 6.04 Å². The van der Waals surface area contributed by atoms with Crippen molar-refractivity contribution < 1.29 is 19.4 Å². The number of urea groups is 1. The number of carbonyl (C=O) groups is 2. The average molecular weight is 285 g/mol. The van der Waals surface area contributed by atoms with Crippen LogP contribution >= 0.6 is 0 Å². The highest BCUT2D eigenvalue weighted by molar-refractivity contribution is 5.83. The summed E-state index contributed by atoms with van der Waals surface area (Å²) in [6.07, 6.45) is 1.08. The van der Waals surface area contributed by atoms with Gasteiger partial charge in [0, 0.05) is 19.6 Å². The lowest BCUT2D eigenvalue weighted by molar-refractivity contribution is -0.147. The van der Waals surface area contributed by atoms with Crippen LogP contribution < -0.4 is 5.32 Å². The zero-order chi connectivity index (χ0) is 14.5. The number of carboxylic acid groups (broad SMARTS) is 1. The Kier molecular flexibility index (Phi) is 5.19. The third-order valence-electron chi connectivity index (χ3n) is 4.03. The predicted molar refractivity (Wildman–Crippen MR) is 72.6 cm³/mol. The molecule has 0 aromatic carbocycles.